The van der Waals surface area contributed by atoms with Gasteiger partial charge in [0.2, 0.25) is 0 Å². The molecule has 1 unspecified atom stereocenters. The van der Waals surface area contributed by atoms with Crippen LogP contribution in [0.1, 0.15) is 40.0 Å². The third kappa shape index (κ3) is 5.27. The molecule has 1 fully saturated rings. The first-order valence-electron chi connectivity index (χ1n) is 5.38. The van der Waals surface area contributed by atoms with Crippen LogP contribution in [0.2, 0.25) is 0 Å². The summed E-state index contributed by atoms with van der Waals surface area (Å²) in [6, 6.07) is 0. The summed E-state index contributed by atoms with van der Waals surface area (Å²) in [4.78, 5) is 0. The van der Waals surface area contributed by atoms with Gasteiger partial charge in [-0.25, -0.2) is 0 Å². The maximum Gasteiger partial charge on any atom is 0.0692 e. The fourth-order valence-corrected chi connectivity index (χ4v) is 1.36. The molecule has 0 spiro atoms. The Labute approximate surface area is 81.7 Å². The topological polar surface area (TPSA) is 32.3 Å². The molecule has 0 radical (unpaired) electrons. The fraction of sp³-hybridized carbons (Fsp3) is 1.00. The molecule has 0 amide bonds. The molecule has 0 aromatic rings. The van der Waals surface area contributed by atoms with E-state index in [0.717, 1.165) is 13.1 Å². The van der Waals surface area contributed by atoms with E-state index in [-0.39, 0.29) is 6.10 Å². The molecule has 1 aliphatic rings. The van der Waals surface area contributed by atoms with Crippen LogP contribution in [-0.2, 0) is 0 Å². The Kier molecular flexibility index (Phi) is 3.74. The number of hydrogen-bond acceptors (Lipinski definition) is 2. The predicted octanol–water partition coefficient (Wildman–Crippen LogP) is 1.78. The van der Waals surface area contributed by atoms with Crippen molar-refractivity contribution < 1.29 is 5.11 Å². The molecule has 13 heavy (non-hydrogen) atoms. The molecule has 0 aliphatic heterocycles. The average Bonchev–Trinajstić information content (AvgIpc) is 2.77. The standard InChI is InChI=1S/C11H23NO/c1-11(2,3)6-7-12-8-10(13)9-4-5-9/h9-10,12-13H,4-8H2,1-3H3. The smallest absolute Gasteiger partial charge is 0.0692 e. The van der Waals surface area contributed by atoms with Crippen molar-refractivity contribution in [2.24, 2.45) is 11.3 Å². The lowest BCUT2D eigenvalue weighted by Crippen LogP contribution is -2.30. The highest BCUT2D eigenvalue weighted by molar-refractivity contribution is 4.82. The Hall–Kier alpha value is -0.0800. The molecule has 0 heterocycles. The number of aliphatic hydroxyl groups excluding tert-OH is 1. The summed E-state index contributed by atoms with van der Waals surface area (Å²) in [6.45, 7) is 8.53. The van der Waals surface area contributed by atoms with Gasteiger partial charge in [0, 0.05) is 6.54 Å². The van der Waals surface area contributed by atoms with Crippen molar-refractivity contribution in [3.8, 4) is 0 Å². The van der Waals surface area contributed by atoms with Gasteiger partial charge >= 0.3 is 0 Å². The molecule has 2 heteroatoms. The van der Waals surface area contributed by atoms with Gasteiger partial charge in [-0.3, -0.25) is 0 Å². The second-order valence-corrected chi connectivity index (χ2v) is 5.42. The second-order valence-electron chi connectivity index (χ2n) is 5.42. The van der Waals surface area contributed by atoms with E-state index < -0.39 is 0 Å². The van der Waals surface area contributed by atoms with Crippen LogP contribution < -0.4 is 5.32 Å². The molecular weight excluding hydrogens is 162 g/mol. The lowest BCUT2D eigenvalue weighted by atomic mass is 9.92. The molecule has 0 aromatic carbocycles. The maximum atomic E-state index is 9.56. The van der Waals surface area contributed by atoms with E-state index >= 15 is 0 Å². The van der Waals surface area contributed by atoms with Gasteiger partial charge in [0.25, 0.3) is 0 Å². The highest BCUT2D eigenvalue weighted by Crippen LogP contribution is 2.32. The number of aliphatic hydroxyl groups is 1. The lowest BCUT2D eigenvalue weighted by molar-refractivity contribution is 0.147. The first-order chi connectivity index (χ1) is 5.99. The maximum absolute atomic E-state index is 9.56. The van der Waals surface area contributed by atoms with Crippen LogP contribution in [0.4, 0.5) is 0 Å². The highest BCUT2D eigenvalue weighted by atomic mass is 16.3. The van der Waals surface area contributed by atoms with Gasteiger partial charge < -0.3 is 10.4 Å². The number of nitrogens with one attached hydrogen (secondary N) is 1. The normalized spacial score (nSPS) is 20.3. The van der Waals surface area contributed by atoms with Gasteiger partial charge in [-0.1, -0.05) is 20.8 Å². The van der Waals surface area contributed by atoms with Gasteiger partial charge in [0.05, 0.1) is 6.10 Å². The van der Waals surface area contributed by atoms with Crippen molar-refractivity contribution in [3.63, 3.8) is 0 Å². The van der Waals surface area contributed by atoms with Gasteiger partial charge in [0.15, 0.2) is 0 Å². The quantitative estimate of drug-likeness (QED) is 0.640. The minimum absolute atomic E-state index is 0.0973. The second kappa shape index (κ2) is 4.43. The Balaban J connectivity index is 1.94. The molecule has 0 saturated heterocycles. The number of hydrogen-bond donors (Lipinski definition) is 2. The van der Waals surface area contributed by atoms with E-state index in [9.17, 15) is 5.11 Å². The molecule has 2 nitrogen and oxygen atoms in total. The van der Waals surface area contributed by atoms with E-state index in [2.05, 4.69) is 26.1 Å². The summed E-state index contributed by atoms with van der Waals surface area (Å²) in [5.74, 6) is 0.599. The first-order valence-corrected chi connectivity index (χ1v) is 5.38. The Morgan fingerprint density at radius 3 is 2.46 bits per heavy atom. The summed E-state index contributed by atoms with van der Waals surface area (Å²) in [5.41, 5.74) is 0.400. The summed E-state index contributed by atoms with van der Waals surface area (Å²) in [6.07, 6.45) is 3.52. The van der Waals surface area contributed by atoms with E-state index in [0.29, 0.717) is 11.3 Å². The van der Waals surface area contributed by atoms with Crippen molar-refractivity contribution in [1.29, 1.82) is 0 Å². The van der Waals surface area contributed by atoms with Crippen molar-refractivity contribution in [3.05, 3.63) is 0 Å². The summed E-state index contributed by atoms with van der Waals surface area (Å²) >= 11 is 0. The van der Waals surface area contributed by atoms with Gasteiger partial charge in [-0.05, 0) is 37.1 Å². The van der Waals surface area contributed by atoms with Crippen LogP contribution in [0.3, 0.4) is 0 Å². The molecule has 78 valence electrons. The van der Waals surface area contributed by atoms with Crippen molar-refractivity contribution in [2.45, 2.75) is 46.1 Å². The van der Waals surface area contributed by atoms with E-state index in [1.54, 1.807) is 0 Å². The van der Waals surface area contributed by atoms with Crippen LogP contribution in [0, 0.1) is 11.3 Å². The Morgan fingerprint density at radius 1 is 1.38 bits per heavy atom. The molecule has 0 aromatic heterocycles. The third-order valence-electron chi connectivity index (χ3n) is 2.57. The zero-order valence-electron chi connectivity index (χ0n) is 9.14. The molecular formula is C11H23NO. The molecule has 1 saturated carbocycles. The Bertz CT molecular complexity index is 147. The molecule has 2 N–H and O–H groups in total. The van der Waals surface area contributed by atoms with Crippen LogP contribution in [0.5, 0.6) is 0 Å². The van der Waals surface area contributed by atoms with Crippen molar-refractivity contribution in [1.82, 2.24) is 5.32 Å². The molecule has 1 aliphatic carbocycles. The zero-order chi connectivity index (χ0) is 9.90. The summed E-state index contributed by atoms with van der Waals surface area (Å²) in [5, 5.41) is 12.9. The van der Waals surface area contributed by atoms with Gasteiger partial charge in [0.1, 0.15) is 0 Å². The lowest BCUT2D eigenvalue weighted by Gasteiger charge is -2.19. The first kappa shape index (κ1) is 11.0. The average molecular weight is 185 g/mol. The number of rotatable bonds is 5. The van der Waals surface area contributed by atoms with Crippen molar-refractivity contribution >= 4 is 0 Å². The van der Waals surface area contributed by atoms with Gasteiger partial charge in [-0.15, -0.1) is 0 Å². The zero-order valence-corrected chi connectivity index (χ0v) is 9.14. The molecule has 1 atom stereocenters. The van der Waals surface area contributed by atoms with E-state index in [1.165, 1.54) is 19.3 Å². The summed E-state index contributed by atoms with van der Waals surface area (Å²) < 4.78 is 0. The largest absolute Gasteiger partial charge is 0.392 e. The van der Waals surface area contributed by atoms with Gasteiger partial charge in [-0.2, -0.15) is 0 Å². The van der Waals surface area contributed by atoms with Crippen LogP contribution in [0.25, 0.3) is 0 Å². The molecule has 1 rings (SSSR count). The highest BCUT2D eigenvalue weighted by Gasteiger charge is 2.29. The fourth-order valence-electron chi connectivity index (χ4n) is 1.36. The van der Waals surface area contributed by atoms with Crippen LogP contribution in [-0.4, -0.2) is 24.3 Å². The minimum Gasteiger partial charge on any atom is -0.392 e. The van der Waals surface area contributed by atoms with E-state index in [4.69, 9.17) is 0 Å². The monoisotopic (exact) mass is 185 g/mol. The third-order valence-corrected chi connectivity index (χ3v) is 2.57. The van der Waals surface area contributed by atoms with E-state index in [1.807, 2.05) is 0 Å². The SMILES string of the molecule is CC(C)(C)CCNCC(O)C1CC1. The minimum atomic E-state index is -0.0973. The Morgan fingerprint density at radius 2 is 2.00 bits per heavy atom. The predicted molar refractivity (Wildman–Crippen MR) is 55.7 cm³/mol. The summed E-state index contributed by atoms with van der Waals surface area (Å²) in [7, 11) is 0. The van der Waals surface area contributed by atoms with Crippen LogP contribution >= 0.6 is 0 Å². The van der Waals surface area contributed by atoms with Crippen LogP contribution in [0.15, 0.2) is 0 Å². The van der Waals surface area contributed by atoms with Crippen molar-refractivity contribution in [2.75, 3.05) is 13.1 Å². The molecule has 0 bridgehead atoms.